The van der Waals surface area contributed by atoms with Crippen LogP contribution in [0, 0.1) is 0 Å². The van der Waals surface area contributed by atoms with E-state index in [1.54, 1.807) is 0 Å². The summed E-state index contributed by atoms with van der Waals surface area (Å²) >= 11 is 0. The van der Waals surface area contributed by atoms with Crippen molar-refractivity contribution < 1.29 is 0 Å². The summed E-state index contributed by atoms with van der Waals surface area (Å²) in [5.74, 6) is 1.12. The molecule has 0 aromatic carbocycles. The Labute approximate surface area is 102 Å². The third-order valence-electron chi connectivity index (χ3n) is 3.73. The van der Waals surface area contributed by atoms with Gasteiger partial charge in [-0.3, -0.25) is 0 Å². The number of hydrogen-bond acceptors (Lipinski definition) is 4. The Morgan fingerprint density at radius 3 is 2.76 bits per heavy atom. The van der Waals surface area contributed by atoms with Gasteiger partial charge in [-0.15, -0.1) is 0 Å². The van der Waals surface area contributed by atoms with Crippen LogP contribution in [0.15, 0.2) is 18.3 Å². The highest BCUT2D eigenvalue weighted by Gasteiger charge is 2.27. The van der Waals surface area contributed by atoms with Crippen LogP contribution in [0.1, 0.15) is 25.7 Å². The van der Waals surface area contributed by atoms with Crippen LogP contribution in [0.5, 0.6) is 0 Å². The lowest BCUT2D eigenvalue weighted by atomic mass is 9.87. The fraction of sp³-hybridized carbons (Fsp3) is 0.615. The van der Waals surface area contributed by atoms with Gasteiger partial charge in [0.2, 0.25) is 0 Å². The maximum atomic E-state index is 5.82. The van der Waals surface area contributed by atoms with Gasteiger partial charge in [0.25, 0.3) is 0 Å². The molecule has 0 amide bonds. The molecule has 3 N–H and O–H groups in total. The molecule has 3 rings (SSSR count). The van der Waals surface area contributed by atoms with E-state index in [-0.39, 0.29) is 0 Å². The zero-order valence-corrected chi connectivity index (χ0v) is 10.1. The first kappa shape index (κ1) is 10.8. The molecule has 1 aliphatic carbocycles. The monoisotopic (exact) mass is 232 g/mol. The van der Waals surface area contributed by atoms with Crippen LogP contribution in [0.25, 0.3) is 0 Å². The van der Waals surface area contributed by atoms with Crippen molar-refractivity contribution in [1.82, 2.24) is 4.98 Å². The molecule has 0 atom stereocenters. The molecule has 1 saturated carbocycles. The Kier molecular flexibility index (Phi) is 2.89. The van der Waals surface area contributed by atoms with Gasteiger partial charge in [0.05, 0.1) is 5.69 Å². The van der Waals surface area contributed by atoms with Crippen LogP contribution < -0.4 is 16.0 Å². The van der Waals surface area contributed by atoms with Gasteiger partial charge in [-0.25, -0.2) is 4.98 Å². The number of nitrogens with zero attached hydrogens (tertiary/aromatic N) is 2. The Morgan fingerprint density at radius 2 is 2.06 bits per heavy atom. The van der Waals surface area contributed by atoms with Crippen molar-refractivity contribution in [2.75, 3.05) is 23.3 Å². The molecule has 2 fully saturated rings. The molecule has 4 heteroatoms. The minimum absolute atomic E-state index is 0.388. The molecule has 0 unspecified atom stereocenters. The molecule has 1 aromatic heterocycles. The molecule has 1 aromatic rings. The van der Waals surface area contributed by atoms with Crippen LogP contribution in [-0.4, -0.2) is 30.2 Å². The van der Waals surface area contributed by atoms with Crippen molar-refractivity contribution in [2.45, 2.75) is 37.8 Å². The molecule has 17 heavy (non-hydrogen) atoms. The summed E-state index contributed by atoms with van der Waals surface area (Å²) in [6.45, 7) is 2.27. The van der Waals surface area contributed by atoms with E-state index in [9.17, 15) is 0 Å². The Hall–Kier alpha value is -1.29. The Bertz CT molecular complexity index is 381. The first-order valence-corrected chi connectivity index (χ1v) is 6.55. The predicted octanol–water partition coefficient (Wildman–Crippen LogP) is 1.58. The summed E-state index contributed by atoms with van der Waals surface area (Å²) in [6.07, 6.45) is 6.60. The van der Waals surface area contributed by atoms with Gasteiger partial charge >= 0.3 is 0 Å². The first-order chi connectivity index (χ1) is 8.33. The summed E-state index contributed by atoms with van der Waals surface area (Å²) in [5, 5.41) is 3.57. The largest absolute Gasteiger partial charge is 0.379 e. The fourth-order valence-corrected chi connectivity index (χ4v) is 2.69. The van der Waals surface area contributed by atoms with E-state index >= 15 is 0 Å². The molecular weight excluding hydrogens is 212 g/mol. The normalized spacial score (nSPS) is 27.9. The van der Waals surface area contributed by atoms with Crippen molar-refractivity contribution in [3.05, 3.63) is 18.3 Å². The number of anilines is 2. The summed E-state index contributed by atoms with van der Waals surface area (Å²) in [7, 11) is 0. The number of pyridine rings is 1. The third-order valence-corrected chi connectivity index (χ3v) is 3.73. The molecule has 2 heterocycles. The van der Waals surface area contributed by atoms with Crippen LogP contribution in [0.4, 0.5) is 11.5 Å². The topological polar surface area (TPSA) is 54.2 Å². The van der Waals surface area contributed by atoms with Crippen molar-refractivity contribution >= 4 is 11.5 Å². The van der Waals surface area contributed by atoms with Gasteiger partial charge in [0, 0.05) is 31.4 Å². The molecule has 0 radical (unpaired) electrons. The molecule has 1 aliphatic heterocycles. The van der Waals surface area contributed by atoms with Gasteiger partial charge in [-0.1, -0.05) is 0 Å². The van der Waals surface area contributed by atoms with E-state index in [1.807, 2.05) is 12.3 Å². The fourth-order valence-electron chi connectivity index (χ4n) is 2.69. The zero-order chi connectivity index (χ0) is 11.7. The zero-order valence-electron chi connectivity index (χ0n) is 10.1. The van der Waals surface area contributed by atoms with Crippen LogP contribution in [0.2, 0.25) is 0 Å². The predicted molar refractivity (Wildman–Crippen MR) is 70.3 cm³/mol. The van der Waals surface area contributed by atoms with Crippen molar-refractivity contribution in [3.8, 4) is 0 Å². The minimum Gasteiger partial charge on any atom is -0.379 e. The minimum atomic E-state index is 0.388. The number of nitrogens with two attached hydrogens (primary N) is 1. The summed E-state index contributed by atoms with van der Waals surface area (Å²) in [5.41, 5.74) is 6.99. The van der Waals surface area contributed by atoms with E-state index in [0.717, 1.165) is 31.7 Å². The van der Waals surface area contributed by atoms with Crippen LogP contribution in [-0.2, 0) is 0 Å². The summed E-state index contributed by atoms with van der Waals surface area (Å²) in [6, 6.07) is 5.06. The SMILES string of the molecule is NC1CC(Nc2cccnc2N2CCCC2)C1. The summed E-state index contributed by atoms with van der Waals surface area (Å²) < 4.78 is 0. The smallest absolute Gasteiger partial charge is 0.151 e. The first-order valence-electron chi connectivity index (χ1n) is 6.55. The number of rotatable bonds is 3. The number of hydrogen-bond donors (Lipinski definition) is 2. The highest BCUT2D eigenvalue weighted by atomic mass is 15.2. The quantitative estimate of drug-likeness (QED) is 0.831. The average molecular weight is 232 g/mol. The van der Waals surface area contributed by atoms with Gasteiger partial charge in [-0.05, 0) is 37.8 Å². The lowest BCUT2D eigenvalue weighted by Crippen LogP contribution is -2.44. The van der Waals surface area contributed by atoms with E-state index < -0.39 is 0 Å². The van der Waals surface area contributed by atoms with Gasteiger partial charge in [0.15, 0.2) is 5.82 Å². The van der Waals surface area contributed by atoms with Gasteiger partial charge in [0.1, 0.15) is 0 Å². The van der Waals surface area contributed by atoms with Gasteiger partial charge in [-0.2, -0.15) is 0 Å². The maximum Gasteiger partial charge on any atom is 0.151 e. The number of aromatic nitrogens is 1. The number of nitrogens with one attached hydrogen (secondary N) is 1. The van der Waals surface area contributed by atoms with Crippen molar-refractivity contribution in [3.63, 3.8) is 0 Å². The molecule has 2 aliphatic rings. The molecular formula is C13H20N4. The van der Waals surface area contributed by atoms with E-state index in [4.69, 9.17) is 5.73 Å². The maximum absolute atomic E-state index is 5.82. The second-order valence-corrected chi connectivity index (χ2v) is 5.14. The van der Waals surface area contributed by atoms with E-state index in [2.05, 4.69) is 21.3 Å². The molecule has 0 bridgehead atoms. The highest BCUT2D eigenvalue weighted by molar-refractivity contribution is 5.66. The molecule has 4 nitrogen and oxygen atoms in total. The second-order valence-electron chi connectivity index (χ2n) is 5.14. The average Bonchev–Trinajstić information content (AvgIpc) is 2.81. The lowest BCUT2D eigenvalue weighted by molar-refractivity contribution is 0.373. The third kappa shape index (κ3) is 2.22. The van der Waals surface area contributed by atoms with E-state index in [1.165, 1.54) is 18.5 Å². The van der Waals surface area contributed by atoms with Crippen molar-refractivity contribution in [1.29, 1.82) is 0 Å². The Morgan fingerprint density at radius 1 is 1.29 bits per heavy atom. The molecule has 1 saturated heterocycles. The standard InChI is InChI=1S/C13H20N4/c14-10-8-11(9-10)16-12-4-3-5-15-13(12)17-6-1-2-7-17/h3-5,10-11,16H,1-2,6-9,14H2. The van der Waals surface area contributed by atoms with Crippen LogP contribution in [0.3, 0.4) is 0 Å². The highest BCUT2D eigenvalue weighted by Crippen LogP contribution is 2.30. The Balaban J connectivity index is 1.73. The van der Waals surface area contributed by atoms with Gasteiger partial charge < -0.3 is 16.0 Å². The van der Waals surface area contributed by atoms with Crippen molar-refractivity contribution in [2.24, 2.45) is 5.73 Å². The van der Waals surface area contributed by atoms with Crippen LogP contribution >= 0.6 is 0 Å². The molecule has 92 valence electrons. The van der Waals surface area contributed by atoms with E-state index in [0.29, 0.717) is 12.1 Å². The lowest BCUT2D eigenvalue weighted by Gasteiger charge is -2.34. The summed E-state index contributed by atoms with van der Waals surface area (Å²) in [4.78, 5) is 6.90. The second kappa shape index (κ2) is 4.53. The molecule has 0 spiro atoms.